The van der Waals surface area contributed by atoms with Crippen molar-refractivity contribution in [1.82, 2.24) is 0 Å². The zero-order valence-electron chi connectivity index (χ0n) is 13.0. The van der Waals surface area contributed by atoms with Crippen LogP contribution in [-0.2, 0) is 9.53 Å². The second-order valence-electron chi connectivity index (χ2n) is 6.32. The first kappa shape index (κ1) is 15.8. The highest BCUT2D eigenvalue weighted by Gasteiger charge is 2.55. The number of carbonyl (C=O) groups is 2. The quantitative estimate of drug-likeness (QED) is 0.924. The maximum atomic E-state index is 13.1. The van der Waals surface area contributed by atoms with E-state index < -0.39 is 17.7 Å². The van der Waals surface area contributed by atoms with Crippen molar-refractivity contribution in [2.24, 2.45) is 5.92 Å². The molecule has 0 aromatic heterocycles. The minimum atomic E-state index is -0.785. The minimum Gasteiger partial charge on any atom is -0.481 e. The topological polar surface area (TPSA) is 66.8 Å². The number of halogens is 1. The number of amides is 1. The standard InChI is InChI=1S/C17H20FNO4/c1-2-14-17(9-7-11(8-10-17)15(20)21)23-16(22)19(14)13-5-3-12(18)4-6-13/h3-6,11,14H,2,7-10H2,1H3,(H,20,21). The van der Waals surface area contributed by atoms with Crippen molar-refractivity contribution in [2.45, 2.75) is 50.7 Å². The Morgan fingerprint density at radius 3 is 2.48 bits per heavy atom. The Morgan fingerprint density at radius 2 is 1.96 bits per heavy atom. The van der Waals surface area contributed by atoms with Gasteiger partial charge in [0, 0.05) is 5.69 Å². The zero-order valence-corrected chi connectivity index (χ0v) is 13.0. The van der Waals surface area contributed by atoms with Gasteiger partial charge in [0.15, 0.2) is 0 Å². The van der Waals surface area contributed by atoms with Crippen LogP contribution in [-0.4, -0.2) is 28.8 Å². The van der Waals surface area contributed by atoms with Crippen molar-refractivity contribution in [3.05, 3.63) is 30.1 Å². The van der Waals surface area contributed by atoms with Crippen LogP contribution in [0.5, 0.6) is 0 Å². The average Bonchev–Trinajstić information content (AvgIpc) is 2.80. The Hall–Kier alpha value is -2.11. The van der Waals surface area contributed by atoms with E-state index in [4.69, 9.17) is 9.84 Å². The van der Waals surface area contributed by atoms with Crippen LogP contribution in [0.3, 0.4) is 0 Å². The Labute approximate surface area is 134 Å². The average molecular weight is 321 g/mol. The fourth-order valence-electron chi connectivity index (χ4n) is 3.88. The number of ether oxygens (including phenoxy) is 1. The van der Waals surface area contributed by atoms with Gasteiger partial charge >= 0.3 is 12.1 Å². The van der Waals surface area contributed by atoms with E-state index in [1.807, 2.05) is 6.92 Å². The van der Waals surface area contributed by atoms with E-state index >= 15 is 0 Å². The highest BCUT2D eigenvalue weighted by atomic mass is 19.1. The predicted molar refractivity (Wildman–Crippen MR) is 81.8 cm³/mol. The molecule has 6 heteroatoms. The van der Waals surface area contributed by atoms with E-state index in [0.29, 0.717) is 37.8 Å². The number of anilines is 1. The summed E-state index contributed by atoms with van der Waals surface area (Å²) in [4.78, 5) is 25.1. The molecule has 124 valence electrons. The summed E-state index contributed by atoms with van der Waals surface area (Å²) in [5.74, 6) is -1.50. The van der Waals surface area contributed by atoms with Gasteiger partial charge in [0.2, 0.25) is 0 Å². The third-order valence-electron chi connectivity index (χ3n) is 5.08. The van der Waals surface area contributed by atoms with Crippen LogP contribution >= 0.6 is 0 Å². The lowest BCUT2D eigenvalue weighted by atomic mass is 9.74. The van der Waals surface area contributed by atoms with Gasteiger partial charge in [-0.05, 0) is 56.4 Å². The van der Waals surface area contributed by atoms with Crippen LogP contribution < -0.4 is 4.90 Å². The summed E-state index contributed by atoms with van der Waals surface area (Å²) in [6.07, 6.45) is 2.38. The summed E-state index contributed by atoms with van der Waals surface area (Å²) in [7, 11) is 0. The first-order valence-electron chi connectivity index (χ1n) is 7.97. The van der Waals surface area contributed by atoms with Crippen LogP contribution in [0.4, 0.5) is 14.9 Å². The number of nitrogens with zero attached hydrogens (tertiary/aromatic N) is 1. The summed E-state index contributed by atoms with van der Waals surface area (Å²) < 4.78 is 18.8. The smallest absolute Gasteiger partial charge is 0.415 e. The highest BCUT2D eigenvalue weighted by molar-refractivity contribution is 5.91. The van der Waals surface area contributed by atoms with Crippen LogP contribution in [0, 0.1) is 11.7 Å². The molecule has 3 rings (SSSR count). The summed E-state index contributed by atoms with van der Waals surface area (Å²) in [5.41, 5.74) is -0.0212. The number of carboxylic acids is 1. The van der Waals surface area contributed by atoms with Gasteiger partial charge in [0.1, 0.15) is 11.4 Å². The van der Waals surface area contributed by atoms with Crippen molar-refractivity contribution in [2.75, 3.05) is 4.90 Å². The Bertz CT molecular complexity index is 608. The Balaban J connectivity index is 1.86. The molecular formula is C17H20FNO4. The predicted octanol–water partition coefficient (Wildman–Crippen LogP) is 3.57. The van der Waals surface area contributed by atoms with Gasteiger partial charge in [0.05, 0.1) is 12.0 Å². The van der Waals surface area contributed by atoms with Gasteiger partial charge in [-0.3, -0.25) is 9.69 Å². The number of hydrogen-bond donors (Lipinski definition) is 1. The van der Waals surface area contributed by atoms with Gasteiger partial charge in [-0.1, -0.05) is 6.92 Å². The molecular weight excluding hydrogens is 301 g/mol. The van der Waals surface area contributed by atoms with Crippen molar-refractivity contribution >= 4 is 17.7 Å². The lowest BCUT2D eigenvalue weighted by Crippen LogP contribution is -2.48. The molecule has 1 heterocycles. The highest BCUT2D eigenvalue weighted by Crippen LogP contribution is 2.46. The molecule has 2 fully saturated rings. The molecule has 1 aromatic rings. The molecule has 1 spiro atoms. The summed E-state index contributed by atoms with van der Waals surface area (Å²) in [6.45, 7) is 1.98. The van der Waals surface area contributed by atoms with E-state index in [0.717, 1.165) is 0 Å². The molecule has 0 bridgehead atoms. The SMILES string of the molecule is CCC1N(c2ccc(F)cc2)C(=O)OC12CCC(C(=O)O)CC2. The molecule has 1 unspecified atom stereocenters. The second-order valence-corrected chi connectivity index (χ2v) is 6.32. The lowest BCUT2D eigenvalue weighted by Gasteiger charge is -2.39. The first-order valence-corrected chi connectivity index (χ1v) is 7.97. The summed E-state index contributed by atoms with van der Waals surface area (Å²) >= 11 is 0. The minimum absolute atomic E-state index is 0.157. The van der Waals surface area contributed by atoms with Crippen LogP contribution in [0.15, 0.2) is 24.3 Å². The van der Waals surface area contributed by atoms with E-state index in [-0.39, 0.29) is 17.8 Å². The molecule has 1 saturated heterocycles. The normalized spacial score (nSPS) is 30.5. The fourth-order valence-corrected chi connectivity index (χ4v) is 3.88. The van der Waals surface area contributed by atoms with Crippen molar-refractivity contribution in [3.8, 4) is 0 Å². The molecule has 1 saturated carbocycles. The summed E-state index contributed by atoms with van der Waals surface area (Å²) in [5, 5.41) is 9.15. The number of carbonyl (C=O) groups excluding carboxylic acids is 1. The number of benzene rings is 1. The van der Waals surface area contributed by atoms with Crippen molar-refractivity contribution in [3.63, 3.8) is 0 Å². The first-order chi connectivity index (χ1) is 11.0. The number of aliphatic carboxylic acids is 1. The molecule has 1 aliphatic heterocycles. The Kier molecular flexibility index (Phi) is 4.00. The molecule has 1 aromatic carbocycles. The van der Waals surface area contributed by atoms with E-state index in [2.05, 4.69) is 0 Å². The monoisotopic (exact) mass is 321 g/mol. The van der Waals surface area contributed by atoms with E-state index in [1.165, 1.54) is 12.1 Å². The molecule has 1 atom stereocenters. The number of carboxylic acid groups (broad SMARTS) is 1. The van der Waals surface area contributed by atoms with Gasteiger partial charge < -0.3 is 9.84 Å². The van der Waals surface area contributed by atoms with Crippen LogP contribution in [0.2, 0.25) is 0 Å². The van der Waals surface area contributed by atoms with Crippen molar-refractivity contribution in [1.29, 1.82) is 0 Å². The van der Waals surface area contributed by atoms with Gasteiger partial charge in [0.25, 0.3) is 0 Å². The number of rotatable bonds is 3. The largest absolute Gasteiger partial charge is 0.481 e. The lowest BCUT2D eigenvalue weighted by molar-refractivity contribution is -0.144. The molecule has 1 aliphatic carbocycles. The van der Waals surface area contributed by atoms with Crippen molar-refractivity contribution < 1.29 is 23.8 Å². The molecule has 2 aliphatic rings. The fraction of sp³-hybridized carbons (Fsp3) is 0.529. The van der Waals surface area contributed by atoms with Gasteiger partial charge in [-0.25, -0.2) is 9.18 Å². The maximum absolute atomic E-state index is 13.1. The summed E-state index contributed by atoms with van der Waals surface area (Å²) in [6, 6.07) is 5.63. The molecule has 23 heavy (non-hydrogen) atoms. The van der Waals surface area contributed by atoms with Crippen LogP contribution in [0.25, 0.3) is 0 Å². The molecule has 0 radical (unpaired) electrons. The van der Waals surface area contributed by atoms with Gasteiger partial charge in [-0.15, -0.1) is 0 Å². The Morgan fingerprint density at radius 1 is 1.35 bits per heavy atom. The third-order valence-corrected chi connectivity index (χ3v) is 5.08. The van der Waals surface area contributed by atoms with E-state index in [1.54, 1.807) is 17.0 Å². The number of hydrogen-bond acceptors (Lipinski definition) is 3. The van der Waals surface area contributed by atoms with Gasteiger partial charge in [-0.2, -0.15) is 0 Å². The second kappa shape index (κ2) is 5.83. The zero-order chi connectivity index (χ0) is 16.6. The third kappa shape index (κ3) is 2.66. The molecule has 1 amide bonds. The van der Waals surface area contributed by atoms with Crippen LogP contribution in [0.1, 0.15) is 39.0 Å². The maximum Gasteiger partial charge on any atom is 0.415 e. The van der Waals surface area contributed by atoms with E-state index in [9.17, 15) is 14.0 Å². The molecule has 1 N–H and O–H groups in total. The molecule has 5 nitrogen and oxygen atoms in total.